The van der Waals surface area contributed by atoms with Gasteiger partial charge < -0.3 is 10.4 Å². The standard InChI is InChI=1S/C18H17Cl2N3O3/c1-10-4-3-5-13(17(10)25)18(26)23-22-11(2)8-16(24)21-15-7-6-12(19)9-14(15)20/h3-7,9,25H,8H2,1-2H3,(H,21,24)(H,23,26). The van der Waals surface area contributed by atoms with Gasteiger partial charge in [-0.15, -0.1) is 0 Å². The molecule has 0 saturated carbocycles. The molecular formula is C18H17Cl2N3O3. The van der Waals surface area contributed by atoms with Crippen LogP contribution in [0, 0.1) is 6.92 Å². The minimum absolute atomic E-state index is 0.0426. The number of carbonyl (C=O) groups excluding carboxylic acids is 2. The van der Waals surface area contributed by atoms with Crippen LogP contribution in [0.3, 0.4) is 0 Å². The van der Waals surface area contributed by atoms with E-state index in [1.54, 1.807) is 38.1 Å². The van der Waals surface area contributed by atoms with E-state index < -0.39 is 5.91 Å². The summed E-state index contributed by atoms with van der Waals surface area (Å²) in [6, 6.07) is 9.55. The Kier molecular flexibility index (Phi) is 6.60. The van der Waals surface area contributed by atoms with Crippen molar-refractivity contribution in [2.75, 3.05) is 5.32 Å². The number of rotatable bonds is 5. The van der Waals surface area contributed by atoms with Gasteiger partial charge in [0.15, 0.2) is 0 Å². The Labute approximate surface area is 160 Å². The summed E-state index contributed by atoms with van der Waals surface area (Å²) in [7, 11) is 0. The first-order valence-corrected chi connectivity index (χ1v) is 8.40. The number of phenols is 1. The zero-order chi connectivity index (χ0) is 19.3. The van der Waals surface area contributed by atoms with E-state index in [1.165, 1.54) is 12.1 Å². The van der Waals surface area contributed by atoms with Crippen LogP contribution in [0.2, 0.25) is 10.0 Å². The highest BCUT2D eigenvalue weighted by atomic mass is 35.5. The Morgan fingerprint density at radius 2 is 1.92 bits per heavy atom. The number of halogens is 2. The van der Waals surface area contributed by atoms with Crippen LogP contribution in [0.15, 0.2) is 41.5 Å². The highest BCUT2D eigenvalue weighted by molar-refractivity contribution is 6.36. The molecule has 0 radical (unpaired) electrons. The van der Waals surface area contributed by atoms with Gasteiger partial charge in [0, 0.05) is 10.7 Å². The van der Waals surface area contributed by atoms with Crippen LogP contribution in [0.1, 0.15) is 29.3 Å². The second kappa shape index (κ2) is 8.69. The molecular weight excluding hydrogens is 377 g/mol. The average molecular weight is 394 g/mol. The lowest BCUT2D eigenvalue weighted by molar-refractivity contribution is -0.115. The summed E-state index contributed by atoms with van der Waals surface area (Å²) < 4.78 is 0. The number of carbonyl (C=O) groups is 2. The summed E-state index contributed by atoms with van der Waals surface area (Å²) in [5, 5.41) is 17.2. The van der Waals surface area contributed by atoms with E-state index in [0.717, 1.165) is 0 Å². The molecule has 2 rings (SSSR count). The fourth-order valence-corrected chi connectivity index (χ4v) is 2.56. The lowest BCUT2D eigenvalue weighted by Gasteiger charge is -2.08. The van der Waals surface area contributed by atoms with E-state index in [9.17, 15) is 14.7 Å². The molecule has 0 unspecified atom stereocenters. The van der Waals surface area contributed by atoms with Crippen molar-refractivity contribution in [2.24, 2.45) is 5.10 Å². The van der Waals surface area contributed by atoms with Crippen molar-refractivity contribution in [3.63, 3.8) is 0 Å². The Morgan fingerprint density at radius 3 is 2.62 bits per heavy atom. The zero-order valence-corrected chi connectivity index (χ0v) is 15.6. The molecule has 8 heteroatoms. The summed E-state index contributed by atoms with van der Waals surface area (Å²) in [6.45, 7) is 3.28. The number of aryl methyl sites for hydroxylation is 1. The molecule has 0 heterocycles. The number of para-hydroxylation sites is 1. The largest absolute Gasteiger partial charge is 0.507 e. The smallest absolute Gasteiger partial charge is 0.275 e. The molecule has 6 nitrogen and oxygen atoms in total. The maximum Gasteiger partial charge on any atom is 0.275 e. The zero-order valence-electron chi connectivity index (χ0n) is 14.1. The number of phenolic OH excluding ortho intramolecular Hbond substituents is 1. The van der Waals surface area contributed by atoms with Crippen molar-refractivity contribution < 1.29 is 14.7 Å². The van der Waals surface area contributed by atoms with Gasteiger partial charge in [-0.25, -0.2) is 5.43 Å². The fraction of sp³-hybridized carbons (Fsp3) is 0.167. The van der Waals surface area contributed by atoms with Crippen molar-refractivity contribution in [2.45, 2.75) is 20.3 Å². The van der Waals surface area contributed by atoms with Gasteiger partial charge >= 0.3 is 0 Å². The van der Waals surface area contributed by atoms with E-state index in [0.29, 0.717) is 27.0 Å². The van der Waals surface area contributed by atoms with Gasteiger partial charge in [0.05, 0.1) is 22.7 Å². The molecule has 2 aromatic rings. The predicted molar refractivity (Wildman–Crippen MR) is 103 cm³/mol. The lowest BCUT2D eigenvalue weighted by atomic mass is 10.1. The third kappa shape index (κ3) is 5.21. The summed E-state index contributed by atoms with van der Waals surface area (Å²) in [5.74, 6) is -1.01. The Hall–Kier alpha value is -2.57. The molecule has 0 aromatic heterocycles. The average Bonchev–Trinajstić information content (AvgIpc) is 2.57. The van der Waals surface area contributed by atoms with Crippen LogP contribution in [-0.4, -0.2) is 22.6 Å². The van der Waals surface area contributed by atoms with E-state index in [2.05, 4.69) is 15.8 Å². The Morgan fingerprint density at radius 1 is 1.19 bits per heavy atom. The third-order valence-corrected chi connectivity index (χ3v) is 4.00. The summed E-state index contributed by atoms with van der Waals surface area (Å²) >= 11 is 11.8. The second-order valence-electron chi connectivity index (χ2n) is 5.61. The molecule has 2 aromatic carbocycles. The van der Waals surface area contributed by atoms with Crippen LogP contribution in [0.25, 0.3) is 0 Å². The highest BCUT2D eigenvalue weighted by Crippen LogP contribution is 2.25. The van der Waals surface area contributed by atoms with E-state index in [-0.39, 0.29) is 23.6 Å². The van der Waals surface area contributed by atoms with Crippen molar-refractivity contribution in [1.29, 1.82) is 0 Å². The number of nitrogens with one attached hydrogen (secondary N) is 2. The van der Waals surface area contributed by atoms with Crippen LogP contribution >= 0.6 is 23.2 Å². The Bertz CT molecular complexity index is 882. The molecule has 0 aliphatic heterocycles. The van der Waals surface area contributed by atoms with Gasteiger partial charge in [-0.05, 0) is 43.7 Å². The summed E-state index contributed by atoms with van der Waals surface area (Å²) in [6.07, 6.45) is -0.0426. The molecule has 26 heavy (non-hydrogen) atoms. The van der Waals surface area contributed by atoms with Crippen LogP contribution in [-0.2, 0) is 4.79 Å². The topological polar surface area (TPSA) is 90.8 Å². The molecule has 0 spiro atoms. The molecule has 136 valence electrons. The first kappa shape index (κ1) is 19.8. The maximum atomic E-state index is 12.1. The molecule has 0 aliphatic rings. The predicted octanol–water partition coefficient (Wildman–Crippen LogP) is 4.14. The number of hydrogen-bond acceptors (Lipinski definition) is 4. The minimum Gasteiger partial charge on any atom is -0.507 e. The van der Waals surface area contributed by atoms with Crippen LogP contribution in [0.5, 0.6) is 5.75 Å². The molecule has 0 aliphatic carbocycles. The Balaban J connectivity index is 1.96. The number of hydrogen-bond donors (Lipinski definition) is 3. The van der Waals surface area contributed by atoms with Gasteiger partial charge in [-0.2, -0.15) is 5.10 Å². The van der Waals surface area contributed by atoms with E-state index >= 15 is 0 Å². The first-order valence-electron chi connectivity index (χ1n) is 7.65. The van der Waals surface area contributed by atoms with Crippen LogP contribution < -0.4 is 10.7 Å². The van der Waals surface area contributed by atoms with Gasteiger partial charge in [0.1, 0.15) is 5.75 Å². The fourth-order valence-electron chi connectivity index (χ4n) is 2.11. The quantitative estimate of drug-likeness (QED) is 0.526. The SMILES string of the molecule is CC(CC(=O)Nc1ccc(Cl)cc1Cl)=NNC(=O)c1cccc(C)c1O. The summed E-state index contributed by atoms with van der Waals surface area (Å²) in [4.78, 5) is 24.1. The van der Waals surface area contributed by atoms with Gasteiger partial charge in [0.2, 0.25) is 5.91 Å². The summed E-state index contributed by atoms with van der Waals surface area (Å²) in [5.41, 5.74) is 3.83. The molecule has 0 atom stereocenters. The maximum absolute atomic E-state index is 12.1. The highest BCUT2D eigenvalue weighted by Gasteiger charge is 2.12. The van der Waals surface area contributed by atoms with Crippen LogP contribution in [0.4, 0.5) is 5.69 Å². The van der Waals surface area contributed by atoms with Gasteiger partial charge in [-0.3, -0.25) is 9.59 Å². The van der Waals surface area contributed by atoms with Crippen molar-refractivity contribution in [3.05, 3.63) is 57.6 Å². The van der Waals surface area contributed by atoms with Crippen molar-refractivity contribution in [3.8, 4) is 5.75 Å². The molecule has 0 saturated heterocycles. The number of aromatic hydroxyl groups is 1. The lowest BCUT2D eigenvalue weighted by Crippen LogP contribution is -2.21. The molecule has 0 fully saturated rings. The van der Waals surface area contributed by atoms with E-state index in [4.69, 9.17) is 23.2 Å². The number of hydrazone groups is 1. The molecule has 3 N–H and O–H groups in total. The van der Waals surface area contributed by atoms with Crippen molar-refractivity contribution in [1.82, 2.24) is 5.43 Å². The molecule has 2 amide bonds. The number of benzene rings is 2. The molecule has 0 bridgehead atoms. The normalized spacial score (nSPS) is 11.2. The minimum atomic E-state index is -0.563. The number of anilines is 1. The second-order valence-corrected chi connectivity index (χ2v) is 6.45. The van der Waals surface area contributed by atoms with E-state index in [1.807, 2.05) is 0 Å². The van der Waals surface area contributed by atoms with Gasteiger partial charge in [0.25, 0.3) is 5.91 Å². The first-order chi connectivity index (χ1) is 12.3. The van der Waals surface area contributed by atoms with Crippen molar-refractivity contribution >= 4 is 46.4 Å². The number of nitrogens with zero attached hydrogens (tertiary/aromatic N) is 1. The monoisotopic (exact) mass is 393 g/mol. The third-order valence-electron chi connectivity index (χ3n) is 3.45. The van der Waals surface area contributed by atoms with Gasteiger partial charge in [-0.1, -0.05) is 35.3 Å². The number of amides is 2.